The van der Waals surface area contributed by atoms with Crippen molar-refractivity contribution < 1.29 is 13.2 Å². The second kappa shape index (κ2) is 7.40. The topological polar surface area (TPSA) is 93.2 Å². The summed E-state index contributed by atoms with van der Waals surface area (Å²) in [7, 11) is -2.22. The molecular weight excluding hydrogens is 352 g/mol. The Balaban J connectivity index is 1.74. The normalized spacial score (nSPS) is 11.0. The van der Waals surface area contributed by atoms with Crippen LogP contribution in [0.1, 0.15) is 5.56 Å². The minimum atomic E-state index is -3.76. The molecule has 2 N–H and O–H groups in total. The average Bonchev–Trinajstić information content (AvgIpc) is 2.64. The van der Waals surface area contributed by atoms with Crippen LogP contribution < -0.4 is 14.8 Å². The van der Waals surface area contributed by atoms with Gasteiger partial charge in [0.2, 0.25) is 0 Å². The number of methoxy groups -OCH3 is 1. The lowest BCUT2D eigenvalue weighted by Crippen LogP contribution is -2.14. The van der Waals surface area contributed by atoms with E-state index < -0.39 is 10.0 Å². The number of hydrogen-bond donors (Lipinski definition) is 2. The number of benzene rings is 2. The van der Waals surface area contributed by atoms with E-state index in [1.165, 1.54) is 13.2 Å². The predicted molar refractivity (Wildman–Crippen MR) is 100 cm³/mol. The van der Waals surface area contributed by atoms with Crippen LogP contribution in [0.15, 0.2) is 65.6 Å². The van der Waals surface area contributed by atoms with E-state index in [0.29, 0.717) is 11.6 Å². The van der Waals surface area contributed by atoms with E-state index in [0.717, 1.165) is 11.3 Å². The number of hydrogen-bond acceptors (Lipinski definition) is 6. The quantitative estimate of drug-likeness (QED) is 0.691. The van der Waals surface area contributed by atoms with E-state index >= 15 is 0 Å². The molecule has 8 heteroatoms. The van der Waals surface area contributed by atoms with Gasteiger partial charge in [-0.15, -0.1) is 10.2 Å². The van der Waals surface area contributed by atoms with Crippen molar-refractivity contribution in [2.45, 2.75) is 11.8 Å². The number of nitrogens with zero attached hydrogens (tertiary/aromatic N) is 2. The van der Waals surface area contributed by atoms with Gasteiger partial charge in [0.05, 0.1) is 12.0 Å². The zero-order valence-corrected chi connectivity index (χ0v) is 15.1. The minimum absolute atomic E-state index is 0.129. The number of ether oxygens (including phenoxy) is 1. The van der Waals surface area contributed by atoms with Gasteiger partial charge >= 0.3 is 0 Å². The first-order valence-electron chi connectivity index (χ1n) is 7.81. The third-order valence-electron chi connectivity index (χ3n) is 3.63. The molecule has 0 aliphatic heterocycles. The van der Waals surface area contributed by atoms with Crippen LogP contribution >= 0.6 is 0 Å². The minimum Gasteiger partial charge on any atom is -0.496 e. The van der Waals surface area contributed by atoms with Gasteiger partial charge in [-0.25, -0.2) is 8.42 Å². The molecule has 0 radical (unpaired) electrons. The number of nitrogens with one attached hydrogen (secondary N) is 2. The maximum Gasteiger partial charge on any atom is 0.263 e. The average molecular weight is 370 g/mol. The monoisotopic (exact) mass is 370 g/mol. The van der Waals surface area contributed by atoms with Crippen molar-refractivity contribution in [3.8, 4) is 5.75 Å². The highest BCUT2D eigenvalue weighted by Gasteiger charge is 2.16. The molecule has 0 saturated carbocycles. The third-order valence-corrected chi connectivity index (χ3v) is 4.98. The zero-order chi connectivity index (χ0) is 18.6. The van der Waals surface area contributed by atoms with Gasteiger partial charge in [-0.1, -0.05) is 18.2 Å². The summed E-state index contributed by atoms with van der Waals surface area (Å²) in [5.74, 6) is 1.27. The first kappa shape index (κ1) is 17.7. The lowest BCUT2D eigenvalue weighted by molar-refractivity contribution is 0.411. The fraction of sp³-hybridized carbons (Fsp3) is 0.111. The van der Waals surface area contributed by atoms with E-state index in [9.17, 15) is 8.42 Å². The molecule has 0 saturated heterocycles. The summed E-state index contributed by atoms with van der Waals surface area (Å²) >= 11 is 0. The highest BCUT2D eigenvalue weighted by Crippen LogP contribution is 2.23. The molecule has 0 aliphatic carbocycles. The molecule has 2 aromatic carbocycles. The lowest BCUT2D eigenvalue weighted by Gasteiger charge is -2.10. The van der Waals surface area contributed by atoms with Crippen molar-refractivity contribution in [3.63, 3.8) is 0 Å². The molecule has 3 rings (SSSR count). The molecule has 0 amide bonds. The van der Waals surface area contributed by atoms with Crippen molar-refractivity contribution >= 4 is 27.3 Å². The van der Waals surface area contributed by atoms with Crippen molar-refractivity contribution in [1.29, 1.82) is 0 Å². The molecular formula is C18H18N4O3S. The van der Waals surface area contributed by atoms with Crippen LogP contribution in [-0.2, 0) is 10.0 Å². The van der Waals surface area contributed by atoms with Crippen LogP contribution in [0.3, 0.4) is 0 Å². The summed E-state index contributed by atoms with van der Waals surface area (Å²) in [4.78, 5) is 0.129. The molecule has 26 heavy (non-hydrogen) atoms. The van der Waals surface area contributed by atoms with Crippen LogP contribution in [0.4, 0.5) is 17.3 Å². The summed E-state index contributed by atoms with van der Waals surface area (Å²) in [5, 5.41) is 11.0. The van der Waals surface area contributed by atoms with Crippen LogP contribution in [0.25, 0.3) is 0 Å². The second-order valence-electron chi connectivity index (χ2n) is 5.53. The molecule has 7 nitrogen and oxygen atoms in total. The van der Waals surface area contributed by atoms with Gasteiger partial charge in [0, 0.05) is 5.69 Å². The Bertz CT molecular complexity index is 991. The fourth-order valence-electron chi connectivity index (χ4n) is 2.34. The van der Waals surface area contributed by atoms with E-state index in [4.69, 9.17) is 4.74 Å². The third kappa shape index (κ3) is 4.09. The standard InChI is InChI=1S/C18H18N4O3S/c1-13-12-15(8-9-16(13)25-2)26(23,24)22-18-11-10-17(20-21-18)19-14-6-4-3-5-7-14/h3-12H,1-2H3,(H,19,20)(H,21,22). The number of para-hydroxylation sites is 1. The van der Waals surface area contributed by atoms with Gasteiger partial charge in [0.25, 0.3) is 10.0 Å². The Kier molecular flexibility index (Phi) is 5.04. The Morgan fingerprint density at radius 1 is 0.923 bits per heavy atom. The summed E-state index contributed by atoms with van der Waals surface area (Å²) in [6.45, 7) is 1.78. The molecule has 0 bridgehead atoms. The van der Waals surface area contributed by atoms with Crippen molar-refractivity contribution in [2.24, 2.45) is 0 Å². The summed E-state index contributed by atoms with van der Waals surface area (Å²) in [6, 6.07) is 17.3. The zero-order valence-electron chi connectivity index (χ0n) is 14.3. The van der Waals surface area contributed by atoms with Gasteiger partial charge in [0.1, 0.15) is 5.75 Å². The summed E-state index contributed by atoms with van der Waals surface area (Å²) in [6.07, 6.45) is 0. The number of rotatable bonds is 6. The van der Waals surface area contributed by atoms with Gasteiger partial charge in [-0.2, -0.15) is 0 Å². The lowest BCUT2D eigenvalue weighted by atomic mass is 10.2. The van der Waals surface area contributed by atoms with Crippen LogP contribution in [-0.4, -0.2) is 25.7 Å². The second-order valence-corrected chi connectivity index (χ2v) is 7.21. The molecule has 1 aromatic heterocycles. The number of anilines is 3. The maximum atomic E-state index is 12.5. The highest BCUT2D eigenvalue weighted by molar-refractivity contribution is 7.92. The summed E-state index contributed by atoms with van der Waals surface area (Å²) < 4.78 is 32.6. The first-order chi connectivity index (χ1) is 12.5. The predicted octanol–water partition coefficient (Wildman–Crippen LogP) is 3.34. The highest BCUT2D eigenvalue weighted by atomic mass is 32.2. The molecule has 0 aliphatic rings. The largest absolute Gasteiger partial charge is 0.496 e. The van der Waals surface area contributed by atoms with Crippen molar-refractivity contribution in [2.75, 3.05) is 17.1 Å². The van der Waals surface area contributed by atoms with Crippen molar-refractivity contribution in [3.05, 3.63) is 66.2 Å². The Morgan fingerprint density at radius 3 is 2.23 bits per heavy atom. The molecule has 134 valence electrons. The Hall–Kier alpha value is -3.13. The van der Waals surface area contributed by atoms with E-state index in [-0.39, 0.29) is 10.7 Å². The first-order valence-corrected chi connectivity index (χ1v) is 9.29. The smallest absolute Gasteiger partial charge is 0.263 e. The van der Waals surface area contributed by atoms with E-state index in [1.54, 1.807) is 31.2 Å². The van der Waals surface area contributed by atoms with Crippen molar-refractivity contribution in [1.82, 2.24) is 10.2 Å². The van der Waals surface area contributed by atoms with E-state index in [1.807, 2.05) is 30.3 Å². The number of sulfonamides is 1. The SMILES string of the molecule is COc1ccc(S(=O)(=O)Nc2ccc(Nc3ccccc3)nn2)cc1C. The van der Waals surface area contributed by atoms with E-state index in [2.05, 4.69) is 20.2 Å². The number of aryl methyl sites for hydroxylation is 1. The van der Waals surface area contributed by atoms with Gasteiger partial charge in [-0.3, -0.25) is 4.72 Å². The molecule has 0 fully saturated rings. The Labute approximate surface area is 152 Å². The van der Waals surface area contributed by atoms with Gasteiger partial charge in [0.15, 0.2) is 11.6 Å². The molecule has 0 spiro atoms. The van der Waals surface area contributed by atoms with Crippen LogP contribution in [0.2, 0.25) is 0 Å². The maximum absolute atomic E-state index is 12.5. The molecule has 3 aromatic rings. The molecule has 0 atom stereocenters. The summed E-state index contributed by atoms with van der Waals surface area (Å²) in [5.41, 5.74) is 1.59. The van der Waals surface area contributed by atoms with Crippen LogP contribution in [0.5, 0.6) is 5.75 Å². The number of aromatic nitrogens is 2. The van der Waals surface area contributed by atoms with Crippen LogP contribution in [0, 0.1) is 6.92 Å². The Morgan fingerprint density at radius 2 is 1.62 bits per heavy atom. The van der Waals surface area contributed by atoms with Gasteiger partial charge < -0.3 is 10.1 Å². The molecule has 0 unspecified atom stereocenters. The fourth-order valence-corrected chi connectivity index (χ4v) is 3.42. The molecule has 1 heterocycles. The van der Waals surface area contributed by atoms with Gasteiger partial charge in [-0.05, 0) is 55.0 Å².